The van der Waals surface area contributed by atoms with Gasteiger partial charge in [-0.3, -0.25) is 14.3 Å². The molecule has 9 nitrogen and oxygen atoms in total. The lowest BCUT2D eigenvalue weighted by molar-refractivity contribution is -0.128. The van der Waals surface area contributed by atoms with Crippen LogP contribution in [0.3, 0.4) is 0 Å². The summed E-state index contributed by atoms with van der Waals surface area (Å²) < 4.78 is 1.59. The normalized spacial score (nSPS) is 17.9. The van der Waals surface area contributed by atoms with Gasteiger partial charge in [-0.05, 0) is 50.3 Å². The second-order valence-corrected chi connectivity index (χ2v) is 10.8. The van der Waals surface area contributed by atoms with E-state index in [1.807, 2.05) is 18.7 Å². The molecule has 0 radical (unpaired) electrons. The van der Waals surface area contributed by atoms with E-state index in [0.717, 1.165) is 43.0 Å². The average molecular weight is 516 g/mol. The molecule has 5 rings (SSSR count). The maximum atomic E-state index is 12.3. The summed E-state index contributed by atoms with van der Waals surface area (Å²) in [5.74, 6) is 1.30. The fourth-order valence-corrected chi connectivity index (χ4v) is 5.31. The molecule has 1 aliphatic heterocycles. The molecule has 0 unspecified atom stereocenters. The molecule has 1 N–H and O–H groups in total. The third-order valence-corrected chi connectivity index (χ3v) is 7.72. The quantitative estimate of drug-likeness (QED) is 0.429. The number of aromatic nitrogens is 4. The number of rotatable bonds is 9. The lowest BCUT2D eigenvalue weighted by Crippen LogP contribution is -2.49. The summed E-state index contributed by atoms with van der Waals surface area (Å²) in [6.45, 7) is 12.9. The highest BCUT2D eigenvalue weighted by Crippen LogP contribution is 2.40. The lowest BCUT2D eigenvalue weighted by atomic mass is 9.96. The van der Waals surface area contributed by atoms with Crippen molar-refractivity contribution in [2.75, 3.05) is 31.5 Å². The first-order chi connectivity index (χ1) is 18.3. The lowest BCUT2D eigenvalue weighted by Gasteiger charge is -2.39. The molecule has 1 aromatic carbocycles. The molecule has 38 heavy (non-hydrogen) atoms. The third-order valence-electron chi connectivity index (χ3n) is 7.72. The highest BCUT2D eigenvalue weighted by atomic mass is 16.2. The molecule has 0 spiro atoms. The fourth-order valence-electron chi connectivity index (χ4n) is 5.31. The smallest absolute Gasteiger partial charge is 0.348 e. The molecule has 3 heterocycles. The first kappa shape index (κ1) is 26.0. The summed E-state index contributed by atoms with van der Waals surface area (Å²) in [5.41, 5.74) is 2.74. The van der Waals surface area contributed by atoms with E-state index in [4.69, 9.17) is 0 Å². The largest absolute Gasteiger partial charge is 0.349 e. The molecule has 1 saturated heterocycles. The molecule has 200 valence electrons. The van der Waals surface area contributed by atoms with Crippen LogP contribution in [-0.4, -0.2) is 61.4 Å². The Morgan fingerprint density at radius 2 is 1.71 bits per heavy atom. The summed E-state index contributed by atoms with van der Waals surface area (Å²) in [6, 6.07) is 9.14. The summed E-state index contributed by atoms with van der Waals surface area (Å²) in [6.07, 6.45) is 8.44. The summed E-state index contributed by atoms with van der Waals surface area (Å²) >= 11 is 0. The van der Waals surface area contributed by atoms with Gasteiger partial charge in [-0.1, -0.05) is 43.7 Å². The van der Waals surface area contributed by atoms with Crippen LogP contribution in [0.2, 0.25) is 0 Å². The molecule has 1 saturated carbocycles. The van der Waals surface area contributed by atoms with Crippen LogP contribution in [0, 0.1) is 5.92 Å². The van der Waals surface area contributed by atoms with Gasteiger partial charge in [0.15, 0.2) is 5.65 Å². The maximum absolute atomic E-state index is 12.3. The van der Waals surface area contributed by atoms with E-state index in [-0.39, 0.29) is 23.7 Å². The molecule has 2 fully saturated rings. The van der Waals surface area contributed by atoms with E-state index in [1.54, 1.807) is 10.8 Å². The van der Waals surface area contributed by atoms with Crippen LogP contribution in [0.15, 0.2) is 54.1 Å². The number of piperazine rings is 1. The van der Waals surface area contributed by atoms with Crippen molar-refractivity contribution < 1.29 is 4.79 Å². The molecule has 1 amide bonds. The van der Waals surface area contributed by atoms with Gasteiger partial charge in [0, 0.05) is 50.7 Å². The predicted molar refractivity (Wildman–Crippen MR) is 149 cm³/mol. The topological polar surface area (TPSA) is 96.3 Å². The Bertz CT molecular complexity index is 1360. The van der Waals surface area contributed by atoms with E-state index in [9.17, 15) is 9.59 Å². The van der Waals surface area contributed by atoms with Gasteiger partial charge in [0.1, 0.15) is 0 Å². The Labute approximate surface area is 223 Å². The maximum Gasteiger partial charge on any atom is 0.349 e. The second-order valence-electron chi connectivity index (χ2n) is 10.8. The number of benzene rings is 1. The van der Waals surface area contributed by atoms with Gasteiger partial charge in [0.2, 0.25) is 11.9 Å². The van der Waals surface area contributed by atoms with Gasteiger partial charge < -0.3 is 10.2 Å². The summed E-state index contributed by atoms with van der Waals surface area (Å²) in [5, 5.41) is 4.13. The Balaban J connectivity index is 1.30. The molecular formula is C29H37N7O2. The molecule has 1 aliphatic carbocycles. The van der Waals surface area contributed by atoms with Crippen LogP contribution in [0.5, 0.6) is 0 Å². The van der Waals surface area contributed by atoms with Crippen LogP contribution in [0.25, 0.3) is 11.0 Å². The van der Waals surface area contributed by atoms with Gasteiger partial charge in [0.25, 0.3) is 0 Å². The SMILES string of the molecule is C=CC(=O)N1CCN([C@H](CC2CC2)c2ccc([C@H](C)Nc3ncc4cnc(=O)n(C(C)C)c4n3)cc2)CC1. The minimum absolute atomic E-state index is 0.0158. The number of amides is 1. The predicted octanol–water partition coefficient (Wildman–Crippen LogP) is 4.11. The van der Waals surface area contributed by atoms with Crippen molar-refractivity contribution in [1.29, 1.82) is 0 Å². The van der Waals surface area contributed by atoms with Crippen LogP contribution in [0.4, 0.5) is 5.95 Å². The average Bonchev–Trinajstić information content (AvgIpc) is 3.75. The zero-order valence-electron chi connectivity index (χ0n) is 22.5. The Kier molecular flexibility index (Phi) is 7.56. The fraction of sp³-hybridized carbons (Fsp3) is 0.483. The molecule has 3 aromatic rings. The monoisotopic (exact) mass is 515 g/mol. The molecule has 2 aliphatic rings. The van der Waals surface area contributed by atoms with Gasteiger partial charge in [-0.15, -0.1) is 0 Å². The van der Waals surface area contributed by atoms with Gasteiger partial charge >= 0.3 is 5.69 Å². The van der Waals surface area contributed by atoms with Crippen molar-refractivity contribution >= 4 is 22.9 Å². The van der Waals surface area contributed by atoms with Crippen molar-refractivity contribution in [1.82, 2.24) is 29.3 Å². The number of fused-ring (bicyclic) bond motifs is 1. The Morgan fingerprint density at radius 3 is 2.34 bits per heavy atom. The zero-order valence-corrected chi connectivity index (χ0v) is 22.5. The van der Waals surface area contributed by atoms with E-state index >= 15 is 0 Å². The van der Waals surface area contributed by atoms with Crippen LogP contribution < -0.4 is 11.0 Å². The minimum atomic E-state index is -0.310. The highest BCUT2D eigenvalue weighted by molar-refractivity contribution is 5.87. The van der Waals surface area contributed by atoms with Crippen LogP contribution in [0.1, 0.15) is 69.3 Å². The van der Waals surface area contributed by atoms with Crippen molar-refractivity contribution in [3.8, 4) is 0 Å². The minimum Gasteiger partial charge on any atom is -0.348 e. The number of nitrogens with one attached hydrogen (secondary N) is 1. The van der Waals surface area contributed by atoms with Crippen LogP contribution >= 0.6 is 0 Å². The number of carbonyl (C=O) groups excluding carboxylic acids is 1. The number of carbonyl (C=O) groups is 1. The van der Waals surface area contributed by atoms with Gasteiger partial charge in [0.05, 0.1) is 11.4 Å². The first-order valence-corrected chi connectivity index (χ1v) is 13.6. The van der Waals surface area contributed by atoms with E-state index in [1.165, 1.54) is 37.1 Å². The number of hydrogen-bond acceptors (Lipinski definition) is 7. The third kappa shape index (κ3) is 5.62. The van der Waals surface area contributed by atoms with E-state index < -0.39 is 0 Å². The molecule has 2 atom stereocenters. The molecule has 0 bridgehead atoms. The highest BCUT2D eigenvalue weighted by Gasteiger charge is 2.32. The van der Waals surface area contributed by atoms with Crippen molar-refractivity contribution in [3.05, 3.63) is 70.9 Å². The van der Waals surface area contributed by atoms with E-state index in [0.29, 0.717) is 17.6 Å². The van der Waals surface area contributed by atoms with Crippen molar-refractivity contribution in [2.24, 2.45) is 5.92 Å². The van der Waals surface area contributed by atoms with Gasteiger partial charge in [-0.25, -0.2) is 14.8 Å². The standard InChI is InChI=1S/C29H37N7O2/c1-5-26(37)35-14-12-34(13-15-35)25(16-21-6-7-21)23-10-8-22(9-11-23)20(4)32-28-30-17-24-18-31-29(38)36(19(2)3)27(24)33-28/h5,8-11,17-21,25H,1,6-7,12-16H2,2-4H3,(H,30,32,33)/t20-,25+/m0/s1. The molecule has 9 heteroatoms. The van der Waals surface area contributed by atoms with Crippen molar-refractivity contribution in [3.63, 3.8) is 0 Å². The Morgan fingerprint density at radius 1 is 1.05 bits per heavy atom. The number of hydrogen-bond donors (Lipinski definition) is 1. The Hall–Kier alpha value is -3.59. The molecule has 2 aromatic heterocycles. The summed E-state index contributed by atoms with van der Waals surface area (Å²) in [4.78, 5) is 41.8. The van der Waals surface area contributed by atoms with Gasteiger partial charge in [-0.2, -0.15) is 4.98 Å². The number of anilines is 1. The first-order valence-electron chi connectivity index (χ1n) is 13.6. The van der Waals surface area contributed by atoms with Crippen LogP contribution in [-0.2, 0) is 4.79 Å². The molecular weight excluding hydrogens is 478 g/mol. The zero-order chi connectivity index (χ0) is 26.8. The second kappa shape index (κ2) is 11.0. The van der Waals surface area contributed by atoms with E-state index in [2.05, 4.69) is 62.9 Å². The summed E-state index contributed by atoms with van der Waals surface area (Å²) in [7, 11) is 0. The van der Waals surface area contributed by atoms with Crippen molar-refractivity contribution in [2.45, 2.75) is 58.2 Å². The number of nitrogens with zero attached hydrogens (tertiary/aromatic N) is 6.